The van der Waals surface area contributed by atoms with Gasteiger partial charge in [-0.15, -0.1) is 0 Å². The second kappa shape index (κ2) is 7.05. The van der Waals surface area contributed by atoms with Crippen LogP contribution in [0.15, 0.2) is 48.5 Å². The maximum Gasteiger partial charge on any atom is 0.130 e. The van der Waals surface area contributed by atoms with E-state index in [-0.39, 0.29) is 5.41 Å². The van der Waals surface area contributed by atoms with Crippen molar-refractivity contribution in [3.05, 3.63) is 70.4 Å². The Hall–Kier alpha value is -2.06. The van der Waals surface area contributed by atoms with Gasteiger partial charge in [-0.25, -0.2) is 0 Å². The minimum atomic E-state index is 0.182. The molecule has 1 heterocycles. The van der Waals surface area contributed by atoms with Gasteiger partial charge in [0, 0.05) is 28.6 Å². The van der Waals surface area contributed by atoms with E-state index < -0.39 is 0 Å². The summed E-state index contributed by atoms with van der Waals surface area (Å²) in [5.41, 5.74) is 4.67. The van der Waals surface area contributed by atoms with E-state index in [1.54, 1.807) is 0 Å². The van der Waals surface area contributed by atoms with Crippen LogP contribution >= 0.6 is 11.6 Å². The van der Waals surface area contributed by atoms with Crippen LogP contribution in [0.5, 0.6) is 5.75 Å². The molecule has 0 radical (unpaired) electrons. The molecule has 2 aromatic carbocycles. The van der Waals surface area contributed by atoms with Gasteiger partial charge in [0.05, 0.1) is 12.1 Å². The minimum Gasteiger partial charge on any atom is -0.492 e. The molecule has 0 aliphatic heterocycles. The van der Waals surface area contributed by atoms with E-state index in [4.69, 9.17) is 16.3 Å². The lowest BCUT2D eigenvalue weighted by atomic mass is 9.86. The highest BCUT2D eigenvalue weighted by Crippen LogP contribution is 2.28. The predicted octanol–water partition coefficient (Wildman–Crippen LogP) is 6.12. The summed E-state index contributed by atoms with van der Waals surface area (Å²) in [5, 5.41) is 1.65. The van der Waals surface area contributed by atoms with Crippen molar-refractivity contribution in [2.45, 2.75) is 39.5 Å². The summed E-state index contributed by atoms with van der Waals surface area (Å²) in [5.74, 6) is 0.844. The molecule has 3 rings (SSSR count). The zero-order chi connectivity index (χ0) is 18.0. The van der Waals surface area contributed by atoms with Crippen molar-refractivity contribution in [1.29, 1.82) is 0 Å². The van der Waals surface area contributed by atoms with Gasteiger partial charge >= 0.3 is 0 Å². The number of ether oxygens (including phenoxy) is 1. The second-order valence-corrected chi connectivity index (χ2v) is 7.91. The summed E-state index contributed by atoms with van der Waals surface area (Å²) in [6.45, 7) is 9.29. The molecule has 130 valence electrons. The molecule has 0 spiro atoms. The van der Waals surface area contributed by atoms with Gasteiger partial charge in [-0.05, 0) is 41.7 Å². The monoisotopic (exact) mass is 353 g/mol. The van der Waals surface area contributed by atoms with E-state index in [0.29, 0.717) is 11.6 Å². The molecule has 0 N–H and O–H groups in total. The zero-order valence-corrected chi connectivity index (χ0v) is 16.0. The number of pyridine rings is 1. The fraction of sp³-hybridized carbons (Fsp3) is 0.318. The molecule has 3 heteroatoms. The third-order valence-electron chi connectivity index (χ3n) is 4.33. The SMILES string of the molecule is Cc1cc(OCCc2ccc(C(C)(C)C)cc2)c2cc(Cl)ccc2n1. The fourth-order valence-electron chi connectivity index (χ4n) is 2.86. The van der Waals surface area contributed by atoms with Gasteiger partial charge in [-0.2, -0.15) is 0 Å². The molecular formula is C22H24ClNO. The maximum atomic E-state index is 6.13. The van der Waals surface area contributed by atoms with E-state index >= 15 is 0 Å². The van der Waals surface area contributed by atoms with Gasteiger partial charge in [0.1, 0.15) is 5.75 Å². The summed E-state index contributed by atoms with van der Waals surface area (Å²) < 4.78 is 6.06. The summed E-state index contributed by atoms with van der Waals surface area (Å²) >= 11 is 6.13. The van der Waals surface area contributed by atoms with Crippen LogP contribution in [0.1, 0.15) is 37.6 Å². The molecule has 1 aromatic heterocycles. The lowest BCUT2D eigenvalue weighted by Crippen LogP contribution is -2.11. The molecule has 0 bridgehead atoms. The molecular weight excluding hydrogens is 330 g/mol. The molecule has 25 heavy (non-hydrogen) atoms. The van der Waals surface area contributed by atoms with Crippen LogP contribution in [0.2, 0.25) is 5.02 Å². The van der Waals surface area contributed by atoms with E-state index in [2.05, 4.69) is 50.0 Å². The van der Waals surface area contributed by atoms with Crippen molar-refractivity contribution in [3.8, 4) is 5.75 Å². The van der Waals surface area contributed by atoms with Gasteiger partial charge in [-0.1, -0.05) is 56.6 Å². The Kier molecular flexibility index (Phi) is 5.01. The molecule has 3 aromatic rings. The van der Waals surface area contributed by atoms with Gasteiger partial charge < -0.3 is 4.74 Å². The first-order valence-corrected chi connectivity index (χ1v) is 9.00. The van der Waals surface area contributed by atoms with Crippen molar-refractivity contribution in [2.75, 3.05) is 6.61 Å². The summed E-state index contributed by atoms with van der Waals surface area (Å²) in [4.78, 5) is 4.54. The Labute approximate surface area is 154 Å². The van der Waals surface area contributed by atoms with Crippen LogP contribution in [0.3, 0.4) is 0 Å². The number of aryl methyl sites for hydroxylation is 1. The number of nitrogens with zero attached hydrogens (tertiary/aromatic N) is 1. The molecule has 0 unspecified atom stereocenters. The first-order chi connectivity index (χ1) is 11.8. The standard InChI is InChI=1S/C22H24ClNO/c1-15-13-21(19-14-18(23)9-10-20(19)24-15)25-12-11-16-5-7-17(8-6-16)22(2,3)4/h5-10,13-14H,11-12H2,1-4H3. The van der Waals surface area contributed by atoms with Gasteiger partial charge in [-0.3, -0.25) is 4.98 Å². The number of hydrogen-bond donors (Lipinski definition) is 0. The summed E-state index contributed by atoms with van der Waals surface area (Å²) in [6.07, 6.45) is 0.869. The van der Waals surface area contributed by atoms with Gasteiger partial charge in [0.25, 0.3) is 0 Å². The molecule has 0 saturated heterocycles. The van der Waals surface area contributed by atoms with Crippen molar-refractivity contribution in [1.82, 2.24) is 4.98 Å². The van der Waals surface area contributed by atoms with E-state index in [1.165, 1.54) is 11.1 Å². The Bertz CT molecular complexity index is 879. The highest BCUT2D eigenvalue weighted by molar-refractivity contribution is 6.31. The molecule has 0 aliphatic rings. The van der Waals surface area contributed by atoms with Gasteiger partial charge in [0.15, 0.2) is 0 Å². The number of hydrogen-bond acceptors (Lipinski definition) is 2. The molecule has 0 amide bonds. The number of rotatable bonds is 4. The second-order valence-electron chi connectivity index (χ2n) is 7.47. The van der Waals surface area contributed by atoms with E-state index in [0.717, 1.165) is 28.8 Å². The van der Waals surface area contributed by atoms with Crippen LogP contribution in [0.25, 0.3) is 10.9 Å². The van der Waals surface area contributed by atoms with E-state index in [1.807, 2.05) is 31.2 Å². The summed E-state index contributed by atoms with van der Waals surface area (Å²) in [6, 6.07) is 16.5. The Morgan fingerprint density at radius 1 is 1.00 bits per heavy atom. The van der Waals surface area contributed by atoms with Crippen LogP contribution in [0.4, 0.5) is 0 Å². The Morgan fingerprint density at radius 2 is 1.72 bits per heavy atom. The van der Waals surface area contributed by atoms with Crippen molar-refractivity contribution < 1.29 is 4.74 Å². The van der Waals surface area contributed by atoms with Crippen molar-refractivity contribution >= 4 is 22.5 Å². The molecule has 0 atom stereocenters. The smallest absolute Gasteiger partial charge is 0.130 e. The van der Waals surface area contributed by atoms with Crippen LogP contribution < -0.4 is 4.74 Å². The third-order valence-corrected chi connectivity index (χ3v) is 4.56. The molecule has 0 saturated carbocycles. The molecule has 0 aliphatic carbocycles. The van der Waals surface area contributed by atoms with Crippen LogP contribution in [0, 0.1) is 6.92 Å². The quantitative estimate of drug-likeness (QED) is 0.564. The Balaban J connectivity index is 1.72. The average Bonchev–Trinajstić information content (AvgIpc) is 2.55. The lowest BCUT2D eigenvalue weighted by molar-refractivity contribution is 0.325. The average molecular weight is 354 g/mol. The number of halogens is 1. The third kappa shape index (κ3) is 4.32. The fourth-order valence-corrected chi connectivity index (χ4v) is 3.03. The maximum absolute atomic E-state index is 6.13. The first kappa shape index (κ1) is 17.8. The van der Waals surface area contributed by atoms with Crippen molar-refractivity contribution in [2.24, 2.45) is 0 Å². The lowest BCUT2D eigenvalue weighted by Gasteiger charge is -2.19. The van der Waals surface area contributed by atoms with Crippen molar-refractivity contribution in [3.63, 3.8) is 0 Å². The van der Waals surface area contributed by atoms with E-state index in [9.17, 15) is 0 Å². The number of benzene rings is 2. The van der Waals surface area contributed by atoms with Crippen LogP contribution in [-0.4, -0.2) is 11.6 Å². The normalized spacial score (nSPS) is 11.7. The Morgan fingerprint density at radius 3 is 2.40 bits per heavy atom. The zero-order valence-electron chi connectivity index (χ0n) is 15.3. The predicted molar refractivity (Wildman–Crippen MR) is 106 cm³/mol. The number of fused-ring (bicyclic) bond motifs is 1. The van der Waals surface area contributed by atoms with Crippen LogP contribution in [-0.2, 0) is 11.8 Å². The topological polar surface area (TPSA) is 22.1 Å². The number of aromatic nitrogens is 1. The summed E-state index contributed by atoms with van der Waals surface area (Å²) in [7, 11) is 0. The van der Waals surface area contributed by atoms with Gasteiger partial charge in [0.2, 0.25) is 0 Å². The highest BCUT2D eigenvalue weighted by Gasteiger charge is 2.13. The molecule has 0 fully saturated rings. The molecule has 2 nitrogen and oxygen atoms in total. The minimum absolute atomic E-state index is 0.182. The largest absolute Gasteiger partial charge is 0.492 e. The first-order valence-electron chi connectivity index (χ1n) is 8.62. The highest BCUT2D eigenvalue weighted by atomic mass is 35.5.